The van der Waals surface area contributed by atoms with E-state index in [1.807, 2.05) is 30.9 Å². The Morgan fingerprint density at radius 2 is 1.30 bits per heavy atom. The molecule has 3 heteroatoms. The van der Waals surface area contributed by atoms with Crippen molar-refractivity contribution in [3.05, 3.63) is 90.3 Å². The summed E-state index contributed by atoms with van der Waals surface area (Å²) in [5.41, 5.74) is 2.60. The van der Waals surface area contributed by atoms with Gasteiger partial charge in [0.05, 0.1) is 0 Å². The van der Waals surface area contributed by atoms with Crippen molar-refractivity contribution in [3.8, 4) is 0 Å². The van der Waals surface area contributed by atoms with E-state index in [4.69, 9.17) is 0 Å². The molecule has 0 fully saturated rings. The molecule has 2 heterocycles. The summed E-state index contributed by atoms with van der Waals surface area (Å²) in [5, 5.41) is 0. The predicted molar refractivity (Wildman–Crippen MR) is 92.3 cm³/mol. The van der Waals surface area contributed by atoms with Crippen LogP contribution in [0, 0.1) is 0 Å². The summed E-state index contributed by atoms with van der Waals surface area (Å²) in [4.78, 5) is 13.1. The van der Waals surface area contributed by atoms with Crippen LogP contribution in [-0.2, 0) is 0 Å². The minimum atomic E-state index is 0.216. The molecule has 0 N–H and O–H groups in total. The van der Waals surface area contributed by atoms with Gasteiger partial charge in [0.2, 0.25) is 0 Å². The van der Waals surface area contributed by atoms with Crippen LogP contribution in [0.25, 0.3) is 0 Å². The Hall–Kier alpha value is -2.55. The molecule has 0 saturated heterocycles. The third kappa shape index (κ3) is 3.45. The maximum Gasteiger partial charge on any atom is 0.131 e. The molecule has 23 heavy (non-hydrogen) atoms. The van der Waals surface area contributed by atoms with Gasteiger partial charge in [0.1, 0.15) is 5.82 Å². The first-order chi connectivity index (χ1) is 11.3. The molecule has 0 aliphatic heterocycles. The SMILES string of the molecule is CC(c1ccccc1)C(c1ccncc1)[C@@H](C)c1ncccn1. The van der Waals surface area contributed by atoms with Crippen LogP contribution < -0.4 is 0 Å². The van der Waals surface area contributed by atoms with E-state index in [1.165, 1.54) is 11.1 Å². The molecule has 116 valence electrons. The summed E-state index contributed by atoms with van der Waals surface area (Å²) in [6.07, 6.45) is 7.35. The predicted octanol–water partition coefficient (Wildman–Crippen LogP) is 4.56. The number of benzene rings is 1. The lowest BCUT2D eigenvalue weighted by Gasteiger charge is -2.29. The van der Waals surface area contributed by atoms with E-state index in [9.17, 15) is 0 Å². The van der Waals surface area contributed by atoms with Gasteiger partial charge in [-0.25, -0.2) is 9.97 Å². The highest BCUT2D eigenvalue weighted by molar-refractivity contribution is 5.29. The molecular formula is C20H21N3. The molecule has 0 amide bonds. The van der Waals surface area contributed by atoms with Gasteiger partial charge in [0.25, 0.3) is 0 Å². The number of hydrogen-bond donors (Lipinski definition) is 0. The number of rotatable bonds is 5. The molecule has 0 aliphatic carbocycles. The summed E-state index contributed by atoms with van der Waals surface area (Å²) in [6.45, 7) is 4.49. The maximum atomic E-state index is 4.47. The normalized spacial score (nSPS) is 14.9. The lowest BCUT2D eigenvalue weighted by Crippen LogP contribution is -2.17. The molecule has 3 rings (SSSR count). The monoisotopic (exact) mass is 303 g/mol. The lowest BCUT2D eigenvalue weighted by molar-refractivity contribution is 0.480. The fourth-order valence-electron chi connectivity index (χ4n) is 3.27. The van der Waals surface area contributed by atoms with Crippen LogP contribution in [0.2, 0.25) is 0 Å². The van der Waals surface area contributed by atoms with Crippen molar-refractivity contribution in [2.75, 3.05) is 0 Å². The van der Waals surface area contributed by atoms with Crippen LogP contribution in [0.5, 0.6) is 0 Å². The van der Waals surface area contributed by atoms with Gasteiger partial charge >= 0.3 is 0 Å². The van der Waals surface area contributed by atoms with E-state index in [2.05, 4.69) is 71.3 Å². The Morgan fingerprint density at radius 3 is 1.96 bits per heavy atom. The van der Waals surface area contributed by atoms with Gasteiger partial charge in [-0.15, -0.1) is 0 Å². The van der Waals surface area contributed by atoms with Gasteiger partial charge < -0.3 is 0 Å². The summed E-state index contributed by atoms with van der Waals surface area (Å²) in [5.74, 6) is 1.76. The number of aromatic nitrogens is 3. The van der Waals surface area contributed by atoms with Crippen LogP contribution in [0.1, 0.15) is 48.6 Å². The summed E-state index contributed by atoms with van der Waals surface area (Å²) in [7, 11) is 0. The molecule has 1 aromatic carbocycles. The molecule has 2 unspecified atom stereocenters. The van der Waals surface area contributed by atoms with E-state index in [0.29, 0.717) is 11.8 Å². The summed E-state index contributed by atoms with van der Waals surface area (Å²) in [6, 6.07) is 16.7. The van der Waals surface area contributed by atoms with Gasteiger partial charge in [-0.3, -0.25) is 4.98 Å². The second-order valence-corrected chi connectivity index (χ2v) is 5.90. The molecule has 0 aliphatic rings. The minimum Gasteiger partial charge on any atom is -0.265 e. The average molecular weight is 303 g/mol. The van der Waals surface area contributed by atoms with Crippen LogP contribution in [-0.4, -0.2) is 15.0 Å². The van der Waals surface area contributed by atoms with Crippen molar-refractivity contribution in [1.82, 2.24) is 15.0 Å². The second-order valence-electron chi connectivity index (χ2n) is 5.90. The van der Waals surface area contributed by atoms with E-state index in [-0.39, 0.29) is 5.92 Å². The standard InChI is InChI=1S/C20H21N3/c1-15(17-7-4-3-5-8-17)19(18-9-13-21-14-10-18)16(2)20-22-11-6-12-23-20/h3-16,19H,1-2H3/t15?,16-,19?/m1/s1. The molecule has 2 aromatic heterocycles. The molecule has 0 radical (unpaired) electrons. The van der Waals surface area contributed by atoms with Crippen molar-refractivity contribution < 1.29 is 0 Å². The first kappa shape index (κ1) is 15.3. The topological polar surface area (TPSA) is 38.7 Å². The minimum absolute atomic E-state index is 0.216. The fraction of sp³-hybridized carbons (Fsp3) is 0.250. The highest BCUT2D eigenvalue weighted by Gasteiger charge is 2.29. The molecule has 3 nitrogen and oxygen atoms in total. The highest BCUT2D eigenvalue weighted by atomic mass is 14.9. The van der Waals surface area contributed by atoms with Crippen molar-refractivity contribution in [3.63, 3.8) is 0 Å². The maximum absolute atomic E-state index is 4.47. The fourth-order valence-corrected chi connectivity index (χ4v) is 3.27. The zero-order valence-electron chi connectivity index (χ0n) is 13.5. The van der Waals surface area contributed by atoms with Crippen molar-refractivity contribution >= 4 is 0 Å². The molecule has 3 atom stereocenters. The Kier molecular flexibility index (Phi) is 4.77. The zero-order chi connectivity index (χ0) is 16.1. The first-order valence-electron chi connectivity index (χ1n) is 7.99. The highest BCUT2D eigenvalue weighted by Crippen LogP contribution is 2.41. The first-order valence-corrected chi connectivity index (χ1v) is 7.99. The van der Waals surface area contributed by atoms with Gasteiger partial charge in [0, 0.05) is 36.6 Å². The average Bonchev–Trinajstić information content (AvgIpc) is 2.64. The van der Waals surface area contributed by atoms with Gasteiger partial charge in [-0.05, 0) is 35.2 Å². The Bertz CT molecular complexity index is 668. The zero-order valence-corrected chi connectivity index (χ0v) is 13.5. The van der Waals surface area contributed by atoms with Crippen molar-refractivity contribution in [1.29, 1.82) is 0 Å². The molecule has 3 aromatic rings. The van der Waals surface area contributed by atoms with Gasteiger partial charge in [0.15, 0.2) is 0 Å². The van der Waals surface area contributed by atoms with E-state index in [1.54, 1.807) is 0 Å². The molecular weight excluding hydrogens is 282 g/mol. The molecule has 0 saturated carbocycles. The Morgan fingerprint density at radius 1 is 0.652 bits per heavy atom. The third-order valence-corrected chi connectivity index (χ3v) is 4.49. The smallest absolute Gasteiger partial charge is 0.131 e. The van der Waals surface area contributed by atoms with Crippen molar-refractivity contribution in [2.24, 2.45) is 0 Å². The number of nitrogens with zero attached hydrogens (tertiary/aromatic N) is 3. The number of hydrogen-bond acceptors (Lipinski definition) is 3. The summed E-state index contributed by atoms with van der Waals surface area (Å²) < 4.78 is 0. The number of pyridine rings is 1. The Balaban J connectivity index is 2.01. The third-order valence-electron chi connectivity index (χ3n) is 4.49. The van der Waals surface area contributed by atoms with Gasteiger partial charge in [-0.2, -0.15) is 0 Å². The Labute approximate surface area is 137 Å². The second kappa shape index (κ2) is 7.14. The lowest BCUT2D eigenvalue weighted by atomic mass is 9.75. The van der Waals surface area contributed by atoms with Crippen molar-refractivity contribution in [2.45, 2.75) is 31.6 Å². The van der Waals surface area contributed by atoms with Crippen LogP contribution >= 0.6 is 0 Å². The van der Waals surface area contributed by atoms with Crippen LogP contribution in [0.15, 0.2) is 73.3 Å². The van der Waals surface area contributed by atoms with E-state index < -0.39 is 0 Å². The van der Waals surface area contributed by atoms with E-state index in [0.717, 1.165) is 5.82 Å². The molecule has 0 spiro atoms. The van der Waals surface area contributed by atoms with Gasteiger partial charge in [-0.1, -0.05) is 44.2 Å². The molecule has 0 bridgehead atoms. The van der Waals surface area contributed by atoms with E-state index >= 15 is 0 Å². The van der Waals surface area contributed by atoms with Crippen LogP contribution in [0.3, 0.4) is 0 Å². The quantitative estimate of drug-likeness (QED) is 0.693. The largest absolute Gasteiger partial charge is 0.265 e. The summed E-state index contributed by atoms with van der Waals surface area (Å²) >= 11 is 0. The van der Waals surface area contributed by atoms with Crippen LogP contribution in [0.4, 0.5) is 0 Å².